The molecule has 38 heavy (non-hydrogen) atoms. The summed E-state index contributed by atoms with van der Waals surface area (Å²) in [5, 5.41) is 13.6. The number of aliphatic carboxylic acids is 1. The second kappa shape index (κ2) is 10.6. The number of carboxylic acids is 1. The van der Waals surface area contributed by atoms with Gasteiger partial charge < -0.3 is 20.9 Å². The fourth-order valence-corrected chi connectivity index (χ4v) is 4.97. The van der Waals surface area contributed by atoms with Gasteiger partial charge >= 0.3 is 5.97 Å². The SMILES string of the molecule is Nc1cccc(COc2ccc(CC(=O)NC3(C(=O)O)Cc4ccc(-c5ccc(Cl)cc5)cc4C3)cc2)c1. The van der Waals surface area contributed by atoms with Gasteiger partial charge in [-0.05, 0) is 69.8 Å². The first kappa shape index (κ1) is 25.4. The first-order valence-electron chi connectivity index (χ1n) is 12.3. The predicted molar refractivity (Wildman–Crippen MR) is 148 cm³/mol. The van der Waals surface area contributed by atoms with Crippen molar-refractivity contribution in [3.8, 4) is 16.9 Å². The molecule has 4 aromatic rings. The number of anilines is 1. The molecule has 0 saturated carbocycles. The molecule has 4 N–H and O–H groups in total. The number of carbonyl (C=O) groups excluding carboxylic acids is 1. The summed E-state index contributed by atoms with van der Waals surface area (Å²) in [6, 6.07) is 28.1. The molecule has 0 aliphatic heterocycles. The number of rotatable bonds is 8. The van der Waals surface area contributed by atoms with E-state index in [1.807, 2.05) is 78.9 Å². The van der Waals surface area contributed by atoms with Gasteiger partial charge in [0.25, 0.3) is 0 Å². The van der Waals surface area contributed by atoms with E-state index < -0.39 is 11.5 Å². The van der Waals surface area contributed by atoms with E-state index in [4.69, 9.17) is 22.1 Å². The van der Waals surface area contributed by atoms with Crippen LogP contribution in [0.3, 0.4) is 0 Å². The molecular weight excluding hydrogens is 500 g/mol. The lowest BCUT2D eigenvalue weighted by Crippen LogP contribution is -2.55. The Balaban J connectivity index is 1.22. The van der Waals surface area contributed by atoms with E-state index in [0.717, 1.165) is 33.4 Å². The molecule has 5 rings (SSSR count). The number of nitrogens with two attached hydrogens (primary N) is 1. The van der Waals surface area contributed by atoms with E-state index in [9.17, 15) is 14.7 Å². The van der Waals surface area contributed by atoms with Crippen LogP contribution in [0.4, 0.5) is 5.69 Å². The Hall–Kier alpha value is -4.29. The Labute approximate surface area is 226 Å². The van der Waals surface area contributed by atoms with E-state index in [2.05, 4.69) is 5.32 Å². The van der Waals surface area contributed by atoms with E-state index in [0.29, 0.717) is 23.1 Å². The monoisotopic (exact) mass is 526 g/mol. The highest BCUT2D eigenvalue weighted by atomic mass is 35.5. The molecule has 0 saturated heterocycles. The van der Waals surface area contributed by atoms with Gasteiger partial charge in [0.2, 0.25) is 5.91 Å². The lowest BCUT2D eigenvalue weighted by molar-refractivity contribution is -0.147. The molecule has 1 aliphatic rings. The minimum Gasteiger partial charge on any atom is -0.489 e. The Morgan fingerprint density at radius 1 is 0.868 bits per heavy atom. The van der Waals surface area contributed by atoms with E-state index in [1.54, 1.807) is 12.1 Å². The summed E-state index contributed by atoms with van der Waals surface area (Å²) in [6.45, 7) is 0.381. The van der Waals surface area contributed by atoms with Crippen LogP contribution < -0.4 is 15.8 Å². The van der Waals surface area contributed by atoms with Crippen LogP contribution in [0.2, 0.25) is 5.02 Å². The molecule has 0 radical (unpaired) electrons. The summed E-state index contributed by atoms with van der Waals surface area (Å²) in [4.78, 5) is 25.3. The molecule has 1 aliphatic carbocycles. The van der Waals surface area contributed by atoms with Crippen molar-refractivity contribution in [3.63, 3.8) is 0 Å². The number of carboxylic acid groups (broad SMARTS) is 1. The first-order chi connectivity index (χ1) is 18.3. The maximum atomic E-state index is 12.9. The van der Waals surface area contributed by atoms with Gasteiger partial charge in [-0.3, -0.25) is 4.79 Å². The average molecular weight is 527 g/mol. The highest BCUT2D eigenvalue weighted by Crippen LogP contribution is 2.34. The van der Waals surface area contributed by atoms with Crippen LogP contribution in [-0.2, 0) is 35.5 Å². The zero-order chi connectivity index (χ0) is 26.7. The molecular formula is C31H27ClN2O4. The molecule has 0 spiro atoms. The summed E-state index contributed by atoms with van der Waals surface area (Å²) in [6.07, 6.45) is 0.527. The maximum absolute atomic E-state index is 12.9. The van der Waals surface area contributed by atoms with Crippen LogP contribution in [0.15, 0.2) is 91.0 Å². The van der Waals surface area contributed by atoms with Crippen molar-refractivity contribution >= 4 is 29.2 Å². The van der Waals surface area contributed by atoms with Crippen molar-refractivity contribution < 1.29 is 19.4 Å². The predicted octanol–water partition coefficient (Wildman–Crippen LogP) is 5.45. The largest absolute Gasteiger partial charge is 0.489 e. The summed E-state index contributed by atoms with van der Waals surface area (Å²) in [7, 11) is 0. The van der Waals surface area contributed by atoms with Crippen molar-refractivity contribution in [3.05, 3.63) is 118 Å². The van der Waals surface area contributed by atoms with Gasteiger partial charge in [-0.1, -0.05) is 66.2 Å². The Kier molecular flexibility index (Phi) is 7.07. The minimum absolute atomic E-state index is 0.0664. The van der Waals surface area contributed by atoms with Gasteiger partial charge in [-0.2, -0.15) is 0 Å². The van der Waals surface area contributed by atoms with Crippen LogP contribution >= 0.6 is 11.6 Å². The van der Waals surface area contributed by atoms with Crippen LogP contribution in [0.5, 0.6) is 5.75 Å². The molecule has 4 aromatic carbocycles. The summed E-state index contributed by atoms with van der Waals surface area (Å²) in [5.74, 6) is -0.715. The number of halogens is 1. The maximum Gasteiger partial charge on any atom is 0.330 e. The Morgan fingerprint density at radius 2 is 1.58 bits per heavy atom. The van der Waals surface area contributed by atoms with Crippen molar-refractivity contribution in [2.24, 2.45) is 0 Å². The molecule has 0 heterocycles. The molecule has 6 nitrogen and oxygen atoms in total. The normalized spacial score (nSPS) is 16.0. The van der Waals surface area contributed by atoms with Crippen molar-refractivity contribution in [2.75, 3.05) is 5.73 Å². The zero-order valence-electron chi connectivity index (χ0n) is 20.6. The van der Waals surface area contributed by atoms with Gasteiger partial charge in [-0.25, -0.2) is 4.79 Å². The second-order valence-electron chi connectivity index (χ2n) is 9.63. The van der Waals surface area contributed by atoms with E-state index in [1.165, 1.54) is 0 Å². The van der Waals surface area contributed by atoms with E-state index >= 15 is 0 Å². The molecule has 1 unspecified atom stereocenters. The van der Waals surface area contributed by atoms with E-state index in [-0.39, 0.29) is 25.2 Å². The fraction of sp³-hybridized carbons (Fsp3) is 0.161. The smallest absolute Gasteiger partial charge is 0.330 e. The standard InChI is InChI=1S/C31H27ClN2O4/c32-26-10-8-22(9-11-26)23-6-7-24-17-31(30(36)37,18-25(24)16-23)34-29(35)15-20-4-12-28(13-5-20)38-19-21-2-1-3-27(33)14-21/h1-14,16H,15,17-19,33H2,(H,34,35)(H,36,37). The molecule has 0 aromatic heterocycles. The van der Waals surface area contributed by atoms with Gasteiger partial charge in [0, 0.05) is 23.6 Å². The lowest BCUT2D eigenvalue weighted by Gasteiger charge is -2.25. The van der Waals surface area contributed by atoms with Gasteiger partial charge in [0.15, 0.2) is 0 Å². The number of carbonyl (C=O) groups is 2. The number of fused-ring (bicyclic) bond motifs is 1. The second-order valence-corrected chi connectivity index (χ2v) is 10.1. The lowest BCUT2D eigenvalue weighted by atomic mass is 9.95. The van der Waals surface area contributed by atoms with Crippen molar-refractivity contribution in [1.29, 1.82) is 0 Å². The minimum atomic E-state index is -1.38. The van der Waals surface area contributed by atoms with Crippen molar-refractivity contribution in [2.45, 2.75) is 31.4 Å². The van der Waals surface area contributed by atoms with Gasteiger partial charge in [0.1, 0.15) is 17.9 Å². The third-order valence-corrected chi connectivity index (χ3v) is 7.05. The van der Waals surface area contributed by atoms with Crippen molar-refractivity contribution in [1.82, 2.24) is 5.32 Å². The summed E-state index contributed by atoms with van der Waals surface area (Å²) < 4.78 is 5.80. The summed E-state index contributed by atoms with van der Waals surface area (Å²) in [5.41, 5.74) is 10.7. The average Bonchev–Trinajstić information content (AvgIpc) is 3.27. The number of hydrogen-bond acceptors (Lipinski definition) is 4. The number of nitrogens with one attached hydrogen (secondary N) is 1. The van der Waals surface area contributed by atoms with Crippen LogP contribution in [0.1, 0.15) is 22.3 Å². The number of ether oxygens (including phenoxy) is 1. The summed E-state index contributed by atoms with van der Waals surface area (Å²) >= 11 is 6.01. The fourth-order valence-electron chi connectivity index (χ4n) is 4.84. The number of benzene rings is 4. The first-order valence-corrected chi connectivity index (χ1v) is 12.7. The van der Waals surface area contributed by atoms with Gasteiger partial charge in [0.05, 0.1) is 6.42 Å². The van der Waals surface area contributed by atoms with Crippen LogP contribution in [0, 0.1) is 0 Å². The van der Waals surface area contributed by atoms with Gasteiger partial charge in [-0.15, -0.1) is 0 Å². The molecule has 7 heteroatoms. The molecule has 1 atom stereocenters. The highest BCUT2D eigenvalue weighted by Gasteiger charge is 2.45. The Bertz CT molecular complexity index is 1490. The molecule has 1 amide bonds. The highest BCUT2D eigenvalue weighted by molar-refractivity contribution is 6.30. The third kappa shape index (κ3) is 5.66. The molecule has 0 bridgehead atoms. The molecule has 192 valence electrons. The topological polar surface area (TPSA) is 102 Å². The Morgan fingerprint density at radius 3 is 2.29 bits per heavy atom. The quantitative estimate of drug-likeness (QED) is 0.265. The third-order valence-electron chi connectivity index (χ3n) is 6.80. The number of amides is 1. The number of hydrogen-bond donors (Lipinski definition) is 3. The molecule has 0 fully saturated rings. The van der Waals surface area contributed by atoms with Crippen LogP contribution in [-0.4, -0.2) is 22.5 Å². The zero-order valence-corrected chi connectivity index (χ0v) is 21.4. The van der Waals surface area contributed by atoms with Crippen LogP contribution in [0.25, 0.3) is 11.1 Å². The number of nitrogen functional groups attached to an aromatic ring is 1.